The highest BCUT2D eigenvalue weighted by Crippen LogP contribution is 2.27. The van der Waals surface area contributed by atoms with Crippen LogP contribution < -0.4 is 5.73 Å². The lowest BCUT2D eigenvalue weighted by atomic mass is 9.81. The molecule has 1 aromatic rings. The molecule has 18 heavy (non-hydrogen) atoms. The van der Waals surface area contributed by atoms with Crippen molar-refractivity contribution in [3.63, 3.8) is 0 Å². The SMILES string of the molecule is NC1CCCCC1C(=O)Cc1cccc(F)c1Cl. The Labute approximate surface area is 111 Å². The molecule has 1 fully saturated rings. The summed E-state index contributed by atoms with van der Waals surface area (Å²) in [6.45, 7) is 0. The molecule has 0 aliphatic heterocycles. The van der Waals surface area contributed by atoms with Crippen LogP contribution in [0.3, 0.4) is 0 Å². The van der Waals surface area contributed by atoms with E-state index >= 15 is 0 Å². The van der Waals surface area contributed by atoms with Crippen LogP contribution in [0.25, 0.3) is 0 Å². The lowest BCUT2D eigenvalue weighted by Crippen LogP contribution is -2.38. The van der Waals surface area contributed by atoms with Gasteiger partial charge in [-0.2, -0.15) is 0 Å². The van der Waals surface area contributed by atoms with E-state index in [9.17, 15) is 9.18 Å². The van der Waals surface area contributed by atoms with E-state index in [0.29, 0.717) is 5.56 Å². The number of hydrogen-bond donors (Lipinski definition) is 1. The van der Waals surface area contributed by atoms with Crippen molar-refractivity contribution in [2.45, 2.75) is 38.1 Å². The van der Waals surface area contributed by atoms with Crippen LogP contribution in [0.4, 0.5) is 4.39 Å². The van der Waals surface area contributed by atoms with Crippen molar-refractivity contribution < 1.29 is 9.18 Å². The fourth-order valence-corrected chi connectivity index (χ4v) is 2.76. The fraction of sp³-hybridized carbons (Fsp3) is 0.500. The monoisotopic (exact) mass is 269 g/mol. The van der Waals surface area contributed by atoms with E-state index in [4.69, 9.17) is 17.3 Å². The molecule has 1 aliphatic rings. The minimum Gasteiger partial charge on any atom is -0.327 e. The maximum Gasteiger partial charge on any atom is 0.142 e. The molecule has 0 heterocycles. The summed E-state index contributed by atoms with van der Waals surface area (Å²) in [5.41, 5.74) is 6.53. The van der Waals surface area contributed by atoms with Crippen molar-refractivity contribution in [3.05, 3.63) is 34.6 Å². The summed E-state index contributed by atoms with van der Waals surface area (Å²) in [6, 6.07) is 4.50. The Kier molecular flexibility index (Phi) is 4.36. The maximum absolute atomic E-state index is 13.3. The predicted molar refractivity (Wildman–Crippen MR) is 70.1 cm³/mol. The van der Waals surface area contributed by atoms with Crippen molar-refractivity contribution in [1.29, 1.82) is 0 Å². The molecule has 2 nitrogen and oxygen atoms in total. The molecule has 4 heteroatoms. The standard InChI is InChI=1S/C14H17ClFNO/c15-14-9(4-3-6-11(14)16)8-13(18)10-5-1-2-7-12(10)17/h3-4,6,10,12H,1-2,5,7-8,17H2. The van der Waals surface area contributed by atoms with Crippen LogP contribution in [0.1, 0.15) is 31.2 Å². The third-order valence-corrected chi connectivity index (χ3v) is 4.05. The maximum atomic E-state index is 13.3. The van der Waals surface area contributed by atoms with Crippen LogP contribution in [-0.2, 0) is 11.2 Å². The Morgan fingerprint density at radius 1 is 1.39 bits per heavy atom. The zero-order valence-electron chi connectivity index (χ0n) is 10.2. The quantitative estimate of drug-likeness (QED) is 0.916. The van der Waals surface area contributed by atoms with Gasteiger partial charge in [0, 0.05) is 18.4 Å². The van der Waals surface area contributed by atoms with Gasteiger partial charge in [0.25, 0.3) is 0 Å². The highest BCUT2D eigenvalue weighted by molar-refractivity contribution is 6.31. The van der Waals surface area contributed by atoms with Gasteiger partial charge in [0.15, 0.2) is 0 Å². The molecule has 0 radical (unpaired) electrons. The first-order chi connectivity index (χ1) is 8.59. The van der Waals surface area contributed by atoms with Gasteiger partial charge in [0.2, 0.25) is 0 Å². The molecule has 1 saturated carbocycles. The molecule has 0 spiro atoms. The van der Waals surface area contributed by atoms with E-state index in [1.54, 1.807) is 12.1 Å². The molecule has 2 N–H and O–H groups in total. The van der Waals surface area contributed by atoms with Crippen molar-refractivity contribution in [3.8, 4) is 0 Å². The Morgan fingerprint density at radius 3 is 2.83 bits per heavy atom. The summed E-state index contributed by atoms with van der Waals surface area (Å²) in [6.07, 6.45) is 4.04. The molecule has 98 valence electrons. The fourth-order valence-electron chi connectivity index (χ4n) is 2.56. The van der Waals surface area contributed by atoms with Crippen molar-refractivity contribution >= 4 is 17.4 Å². The molecule has 0 amide bonds. The Hall–Kier alpha value is -0.930. The van der Waals surface area contributed by atoms with E-state index in [2.05, 4.69) is 0 Å². The molecule has 1 aliphatic carbocycles. The molecule has 2 unspecified atom stereocenters. The lowest BCUT2D eigenvalue weighted by molar-refractivity contribution is -0.123. The molecule has 2 atom stereocenters. The number of carbonyl (C=O) groups excluding carboxylic acids is 1. The van der Waals surface area contributed by atoms with Crippen LogP contribution in [-0.4, -0.2) is 11.8 Å². The van der Waals surface area contributed by atoms with Gasteiger partial charge in [0.1, 0.15) is 11.6 Å². The molecule has 1 aromatic carbocycles. The molecule has 0 aromatic heterocycles. The number of ketones is 1. The second-order valence-electron chi connectivity index (χ2n) is 4.91. The minimum absolute atomic E-state index is 0.0511. The third kappa shape index (κ3) is 2.90. The first-order valence-corrected chi connectivity index (χ1v) is 6.68. The zero-order chi connectivity index (χ0) is 13.1. The molecular weight excluding hydrogens is 253 g/mol. The normalized spacial score (nSPS) is 23.9. The van der Waals surface area contributed by atoms with Gasteiger partial charge in [-0.3, -0.25) is 4.79 Å². The van der Waals surface area contributed by atoms with Gasteiger partial charge < -0.3 is 5.73 Å². The van der Waals surface area contributed by atoms with Gasteiger partial charge in [-0.05, 0) is 24.5 Å². The zero-order valence-corrected chi connectivity index (χ0v) is 10.9. The first kappa shape index (κ1) is 13.5. The van der Waals surface area contributed by atoms with Crippen molar-refractivity contribution in [2.24, 2.45) is 11.7 Å². The van der Waals surface area contributed by atoms with E-state index in [1.165, 1.54) is 6.07 Å². The Morgan fingerprint density at radius 2 is 2.11 bits per heavy atom. The Bertz CT molecular complexity index is 449. The van der Waals surface area contributed by atoms with Gasteiger partial charge in [-0.1, -0.05) is 36.6 Å². The number of hydrogen-bond acceptors (Lipinski definition) is 2. The van der Waals surface area contributed by atoms with Gasteiger partial charge in [-0.25, -0.2) is 4.39 Å². The summed E-state index contributed by atoms with van der Waals surface area (Å²) in [4.78, 5) is 12.2. The molecule has 0 bridgehead atoms. The molecular formula is C14H17ClFNO. The van der Waals surface area contributed by atoms with E-state index in [1.807, 2.05) is 0 Å². The van der Waals surface area contributed by atoms with E-state index in [0.717, 1.165) is 25.7 Å². The summed E-state index contributed by atoms with van der Waals surface area (Å²) in [5.74, 6) is -0.498. The number of carbonyl (C=O) groups is 1. The van der Waals surface area contributed by atoms with Gasteiger partial charge in [-0.15, -0.1) is 0 Å². The summed E-state index contributed by atoms with van der Waals surface area (Å²) < 4.78 is 13.3. The largest absolute Gasteiger partial charge is 0.327 e. The highest BCUT2D eigenvalue weighted by atomic mass is 35.5. The molecule has 0 saturated heterocycles. The second-order valence-corrected chi connectivity index (χ2v) is 5.29. The number of halogens is 2. The van der Waals surface area contributed by atoms with Crippen LogP contribution in [0, 0.1) is 11.7 Å². The summed E-state index contributed by atoms with van der Waals surface area (Å²) in [5, 5.41) is 0.0511. The summed E-state index contributed by atoms with van der Waals surface area (Å²) in [7, 11) is 0. The smallest absolute Gasteiger partial charge is 0.142 e. The van der Waals surface area contributed by atoms with Crippen molar-refractivity contribution in [1.82, 2.24) is 0 Å². The lowest BCUT2D eigenvalue weighted by Gasteiger charge is -2.27. The Balaban J connectivity index is 2.09. The topological polar surface area (TPSA) is 43.1 Å². The number of benzene rings is 1. The first-order valence-electron chi connectivity index (χ1n) is 6.31. The van der Waals surface area contributed by atoms with Crippen LogP contribution in [0.15, 0.2) is 18.2 Å². The van der Waals surface area contributed by atoms with Crippen LogP contribution in [0.5, 0.6) is 0 Å². The van der Waals surface area contributed by atoms with E-state index in [-0.39, 0.29) is 29.2 Å². The average molecular weight is 270 g/mol. The van der Waals surface area contributed by atoms with Gasteiger partial charge >= 0.3 is 0 Å². The minimum atomic E-state index is -0.477. The van der Waals surface area contributed by atoms with E-state index < -0.39 is 5.82 Å². The predicted octanol–water partition coefficient (Wildman–Crippen LogP) is 3.11. The van der Waals surface area contributed by atoms with Crippen LogP contribution >= 0.6 is 11.6 Å². The summed E-state index contributed by atoms with van der Waals surface area (Å²) >= 11 is 5.85. The number of Topliss-reactive ketones (excluding diaryl/α,β-unsaturated/α-hetero) is 1. The number of nitrogens with two attached hydrogens (primary N) is 1. The van der Waals surface area contributed by atoms with Crippen molar-refractivity contribution in [2.75, 3.05) is 0 Å². The third-order valence-electron chi connectivity index (χ3n) is 3.63. The van der Waals surface area contributed by atoms with Gasteiger partial charge in [0.05, 0.1) is 5.02 Å². The van der Waals surface area contributed by atoms with Crippen LogP contribution in [0.2, 0.25) is 5.02 Å². The highest BCUT2D eigenvalue weighted by Gasteiger charge is 2.28. The second kappa shape index (κ2) is 5.81. The number of rotatable bonds is 3. The molecule has 2 rings (SSSR count). The average Bonchev–Trinajstić information content (AvgIpc) is 2.35.